The number of benzene rings is 1. The number of amides is 2. The molecule has 1 aromatic heterocycles. The largest absolute Gasteiger partial charge is 0.490 e. The summed E-state index contributed by atoms with van der Waals surface area (Å²) < 4.78 is 56.7. The van der Waals surface area contributed by atoms with Crippen LogP contribution in [-0.4, -0.2) is 42.2 Å². The zero-order valence-corrected chi connectivity index (χ0v) is 19.6. The first-order valence-corrected chi connectivity index (χ1v) is 11.2. The Morgan fingerprint density at radius 1 is 1.17 bits per heavy atom. The Morgan fingerprint density at radius 2 is 1.89 bits per heavy atom. The maximum atomic E-state index is 13.6. The molecule has 2 N–H and O–H groups in total. The average molecular weight is 503 g/mol. The predicted molar refractivity (Wildman–Crippen MR) is 125 cm³/mol. The summed E-state index contributed by atoms with van der Waals surface area (Å²) in [5.41, 5.74) is -0.281. The molecule has 0 atom stereocenters. The van der Waals surface area contributed by atoms with Gasteiger partial charge in [0.2, 0.25) is 5.78 Å². The number of ketones is 1. The normalized spacial score (nSPS) is 16.9. The molecule has 1 fully saturated rings. The molecule has 0 unspecified atom stereocenters. The number of aromatic nitrogens is 1. The van der Waals surface area contributed by atoms with Crippen molar-refractivity contribution < 1.29 is 37.0 Å². The molecule has 1 saturated heterocycles. The maximum Gasteiger partial charge on any atom is 0.420 e. The summed E-state index contributed by atoms with van der Waals surface area (Å²) in [6, 6.07) is 5.81. The highest BCUT2D eigenvalue weighted by Crippen LogP contribution is 2.40. The van der Waals surface area contributed by atoms with E-state index in [1.165, 1.54) is 18.3 Å². The smallest absolute Gasteiger partial charge is 0.420 e. The van der Waals surface area contributed by atoms with Crippen LogP contribution in [0.1, 0.15) is 31.5 Å². The average Bonchev–Trinajstić information content (AvgIpc) is 2.80. The molecule has 2 heterocycles. The van der Waals surface area contributed by atoms with E-state index in [1.54, 1.807) is 38.1 Å². The lowest BCUT2D eigenvalue weighted by Gasteiger charge is -2.38. The summed E-state index contributed by atoms with van der Waals surface area (Å²) >= 11 is 0. The fourth-order valence-corrected chi connectivity index (χ4v) is 3.60. The first-order chi connectivity index (χ1) is 17.1. The number of urea groups is 1. The monoisotopic (exact) mass is 503 g/mol. The van der Waals surface area contributed by atoms with Gasteiger partial charge in [0, 0.05) is 17.7 Å². The van der Waals surface area contributed by atoms with Crippen LogP contribution in [0.3, 0.4) is 0 Å². The van der Waals surface area contributed by atoms with E-state index in [0.29, 0.717) is 23.6 Å². The number of ether oxygens (including phenoxy) is 3. The number of carbonyl (C=O) groups is 2. The van der Waals surface area contributed by atoms with Gasteiger partial charge in [-0.2, -0.15) is 13.2 Å². The molecule has 1 aromatic carbocycles. The van der Waals surface area contributed by atoms with E-state index >= 15 is 0 Å². The van der Waals surface area contributed by atoms with Crippen molar-refractivity contribution in [2.75, 3.05) is 30.5 Å². The van der Waals surface area contributed by atoms with Crippen LogP contribution in [0.4, 0.5) is 29.3 Å². The molecular weight excluding hydrogens is 479 g/mol. The summed E-state index contributed by atoms with van der Waals surface area (Å²) in [5, 5.41) is 4.92. The van der Waals surface area contributed by atoms with E-state index in [0.717, 1.165) is 6.07 Å². The molecule has 1 aliphatic heterocycles. The lowest BCUT2D eigenvalue weighted by molar-refractivity contribution is -0.160. The number of nitrogens with one attached hydrogen (secondary N) is 2. The van der Waals surface area contributed by atoms with E-state index in [2.05, 4.69) is 15.6 Å². The Balaban J connectivity index is 1.42. The fraction of sp³-hybridized carbons (Fsp3) is 0.320. The van der Waals surface area contributed by atoms with Crippen LogP contribution in [0.5, 0.6) is 5.75 Å². The van der Waals surface area contributed by atoms with Crippen molar-refractivity contribution in [2.24, 2.45) is 0 Å². The Kier molecular flexibility index (Phi) is 7.02. The van der Waals surface area contributed by atoms with Gasteiger partial charge in [0.05, 0.1) is 43.0 Å². The number of nitrogens with zero attached hydrogens (tertiary/aromatic N) is 1. The molecule has 190 valence electrons. The van der Waals surface area contributed by atoms with Crippen LogP contribution in [0.25, 0.3) is 5.57 Å². The van der Waals surface area contributed by atoms with Gasteiger partial charge < -0.3 is 24.8 Å². The van der Waals surface area contributed by atoms with E-state index < -0.39 is 23.4 Å². The van der Waals surface area contributed by atoms with Crippen LogP contribution < -0.4 is 15.4 Å². The molecule has 8 nitrogen and oxygen atoms in total. The third-order valence-corrected chi connectivity index (χ3v) is 5.40. The maximum absolute atomic E-state index is 13.6. The Morgan fingerprint density at radius 3 is 2.50 bits per heavy atom. The minimum atomic E-state index is -4.68. The standard InChI is InChI=1S/C25H24F3N3O5/c1-3-35-22-10-15(4-8-20(22)32)19-7-5-17(12-29-19)31-23(33)30-16-6-9-21(18(11-16)25(26,27)28)36-24(2)13-34-14-24/h4-7,9-12H,3,8,13-14H2,1-2H3,(H2,30,31,33). The lowest BCUT2D eigenvalue weighted by atomic mass is 10.0. The number of hydrogen-bond donors (Lipinski definition) is 2. The molecule has 0 radical (unpaired) electrons. The molecule has 0 bridgehead atoms. The van der Waals surface area contributed by atoms with Crippen LogP contribution in [0.15, 0.2) is 54.4 Å². The summed E-state index contributed by atoms with van der Waals surface area (Å²) in [6.45, 7) is 4.20. The first kappa shape index (κ1) is 25.2. The quantitative estimate of drug-likeness (QED) is 0.540. The molecule has 0 spiro atoms. The van der Waals surface area contributed by atoms with Gasteiger partial charge in [-0.25, -0.2) is 4.79 Å². The van der Waals surface area contributed by atoms with Gasteiger partial charge in [0.15, 0.2) is 11.4 Å². The number of halogens is 3. The molecule has 1 aliphatic carbocycles. The minimum Gasteiger partial charge on any atom is -0.490 e. The van der Waals surface area contributed by atoms with Gasteiger partial charge in [-0.15, -0.1) is 0 Å². The highest BCUT2D eigenvalue weighted by atomic mass is 19.4. The summed E-state index contributed by atoms with van der Waals surface area (Å²) in [7, 11) is 0. The Labute approximate surface area is 205 Å². The highest BCUT2D eigenvalue weighted by molar-refractivity contribution is 6.01. The van der Waals surface area contributed by atoms with Gasteiger partial charge >= 0.3 is 12.2 Å². The minimum absolute atomic E-state index is 0.0580. The van der Waals surface area contributed by atoms with Crippen LogP contribution in [-0.2, 0) is 20.4 Å². The number of allylic oxidation sites excluding steroid dienone is 4. The molecule has 2 aromatic rings. The van der Waals surface area contributed by atoms with Crippen molar-refractivity contribution in [2.45, 2.75) is 32.0 Å². The van der Waals surface area contributed by atoms with Crippen LogP contribution >= 0.6 is 0 Å². The third-order valence-electron chi connectivity index (χ3n) is 5.40. The number of Topliss-reactive ketones (excluding diaryl/α,β-unsaturated/α-hetero) is 1. The second-order valence-electron chi connectivity index (χ2n) is 8.49. The molecule has 0 saturated carbocycles. The molecule has 4 rings (SSSR count). The Bertz CT molecular complexity index is 1220. The van der Waals surface area contributed by atoms with Crippen molar-refractivity contribution in [3.8, 4) is 5.75 Å². The summed E-state index contributed by atoms with van der Waals surface area (Å²) in [5.74, 6) is -0.183. The number of anilines is 2. The zero-order chi connectivity index (χ0) is 25.9. The van der Waals surface area contributed by atoms with E-state index in [-0.39, 0.29) is 42.6 Å². The zero-order valence-electron chi connectivity index (χ0n) is 19.6. The Hall–Kier alpha value is -3.86. The summed E-state index contributed by atoms with van der Waals surface area (Å²) in [4.78, 5) is 28.6. The van der Waals surface area contributed by atoms with Gasteiger partial charge in [0.1, 0.15) is 5.75 Å². The third kappa shape index (κ3) is 5.85. The van der Waals surface area contributed by atoms with Crippen molar-refractivity contribution >= 4 is 28.8 Å². The van der Waals surface area contributed by atoms with E-state index in [9.17, 15) is 22.8 Å². The van der Waals surface area contributed by atoms with E-state index in [1.807, 2.05) is 0 Å². The second-order valence-corrected chi connectivity index (χ2v) is 8.49. The number of alkyl halides is 3. The molecular formula is C25H24F3N3O5. The van der Waals surface area contributed by atoms with Crippen molar-refractivity contribution in [1.82, 2.24) is 4.98 Å². The van der Waals surface area contributed by atoms with Gasteiger partial charge in [-0.3, -0.25) is 9.78 Å². The van der Waals surface area contributed by atoms with Crippen molar-refractivity contribution in [3.63, 3.8) is 0 Å². The molecule has 36 heavy (non-hydrogen) atoms. The summed E-state index contributed by atoms with van der Waals surface area (Å²) in [6.07, 6.45) is 0.263. The topological polar surface area (TPSA) is 98.8 Å². The van der Waals surface area contributed by atoms with Gasteiger partial charge in [-0.05, 0) is 50.3 Å². The number of rotatable bonds is 7. The van der Waals surface area contributed by atoms with Crippen molar-refractivity contribution in [3.05, 3.63) is 65.7 Å². The first-order valence-electron chi connectivity index (χ1n) is 11.2. The highest BCUT2D eigenvalue weighted by Gasteiger charge is 2.40. The fourth-order valence-electron chi connectivity index (χ4n) is 3.60. The number of hydrogen-bond acceptors (Lipinski definition) is 6. The van der Waals surface area contributed by atoms with E-state index in [4.69, 9.17) is 14.2 Å². The predicted octanol–water partition coefficient (Wildman–Crippen LogP) is 5.19. The molecule has 2 amide bonds. The molecule has 2 aliphatic rings. The lowest BCUT2D eigenvalue weighted by Crippen LogP contribution is -2.51. The van der Waals surface area contributed by atoms with Gasteiger partial charge in [-0.1, -0.05) is 6.08 Å². The number of pyridine rings is 1. The van der Waals surface area contributed by atoms with Crippen LogP contribution in [0, 0.1) is 0 Å². The van der Waals surface area contributed by atoms with Crippen molar-refractivity contribution in [1.29, 1.82) is 0 Å². The second kappa shape index (κ2) is 10.0. The SMILES string of the molecule is CCOC1=CC(c2ccc(NC(=O)Nc3ccc(OC4(C)COC4)c(C(F)(F)F)c3)cn2)=CCC1=O. The van der Waals surface area contributed by atoms with Crippen LogP contribution in [0.2, 0.25) is 0 Å². The van der Waals surface area contributed by atoms with Gasteiger partial charge in [0.25, 0.3) is 0 Å². The molecule has 11 heteroatoms. The number of carbonyl (C=O) groups excluding carboxylic acids is 2.